The maximum atomic E-state index is 12.5. The first kappa shape index (κ1) is 19.1. The van der Waals surface area contributed by atoms with E-state index in [1.165, 1.54) is 0 Å². The van der Waals surface area contributed by atoms with Crippen molar-refractivity contribution in [3.63, 3.8) is 0 Å². The third kappa shape index (κ3) is 4.94. The molecule has 144 valence electrons. The Morgan fingerprint density at radius 2 is 1.71 bits per heavy atom. The van der Waals surface area contributed by atoms with Crippen molar-refractivity contribution < 1.29 is 14.3 Å². The summed E-state index contributed by atoms with van der Waals surface area (Å²) in [6.07, 6.45) is 3.39. The summed E-state index contributed by atoms with van der Waals surface area (Å²) >= 11 is 0. The fraction of sp³-hybridized carbons (Fsp3) is 0.200. The van der Waals surface area contributed by atoms with E-state index in [9.17, 15) is 4.79 Å². The van der Waals surface area contributed by atoms with Crippen LogP contribution in [-0.4, -0.2) is 28.0 Å². The summed E-state index contributed by atoms with van der Waals surface area (Å²) in [4.78, 5) is 24.9. The summed E-state index contributed by atoms with van der Waals surface area (Å²) in [7, 11) is 1.55. The monoisotopic (exact) mass is 379 g/mol. The first-order valence-electron chi connectivity index (χ1n) is 8.63. The number of rotatable bonds is 7. The van der Waals surface area contributed by atoms with E-state index in [1.54, 1.807) is 37.7 Å². The second-order valence-corrected chi connectivity index (χ2v) is 6.06. The van der Waals surface area contributed by atoms with Crippen molar-refractivity contribution in [3.05, 3.63) is 71.3 Å². The molecule has 0 aliphatic heterocycles. The Balaban J connectivity index is 1.69. The van der Waals surface area contributed by atoms with Gasteiger partial charge in [0.25, 0.3) is 5.91 Å². The Labute approximate surface area is 162 Å². The molecule has 3 aromatic rings. The number of nitrogens with one attached hydrogen (secondary N) is 2. The molecule has 0 spiro atoms. The Hall–Kier alpha value is -3.68. The highest BCUT2D eigenvalue weighted by atomic mass is 16.5. The Kier molecular flexibility index (Phi) is 6.01. The van der Waals surface area contributed by atoms with Gasteiger partial charge < -0.3 is 9.47 Å². The van der Waals surface area contributed by atoms with Crippen LogP contribution in [0.15, 0.2) is 48.8 Å². The van der Waals surface area contributed by atoms with Gasteiger partial charge in [0, 0.05) is 29.3 Å². The molecule has 0 radical (unpaired) electrons. The van der Waals surface area contributed by atoms with E-state index < -0.39 is 0 Å². The predicted molar refractivity (Wildman–Crippen MR) is 104 cm³/mol. The predicted octanol–water partition coefficient (Wildman–Crippen LogP) is 2.83. The van der Waals surface area contributed by atoms with Gasteiger partial charge in [0.15, 0.2) is 11.5 Å². The molecule has 0 aliphatic carbocycles. The summed E-state index contributed by atoms with van der Waals surface area (Å²) in [5.74, 6) is 0.985. The molecule has 0 bridgehead atoms. The number of pyridine rings is 1. The van der Waals surface area contributed by atoms with Crippen molar-refractivity contribution in [2.24, 2.45) is 0 Å². The first-order valence-corrected chi connectivity index (χ1v) is 8.63. The largest absolute Gasteiger partial charge is 0.493 e. The molecule has 8 nitrogen and oxygen atoms in total. The zero-order chi connectivity index (χ0) is 19.9. The molecular formula is C20H21N5O3. The average molecular weight is 379 g/mol. The summed E-state index contributed by atoms with van der Waals surface area (Å²) < 4.78 is 11.1. The van der Waals surface area contributed by atoms with E-state index in [2.05, 4.69) is 25.8 Å². The SMILES string of the molecule is COc1ccc(C(=O)NNc2nc(C)cc(C)n2)cc1OCc1ccncc1. The smallest absolute Gasteiger partial charge is 0.269 e. The van der Waals surface area contributed by atoms with E-state index in [4.69, 9.17) is 9.47 Å². The molecule has 2 heterocycles. The van der Waals surface area contributed by atoms with Gasteiger partial charge in [-0.15, -0.1) is 0 Å². The summed E-state index contributed by atoms with van der Waals surface area (Å²) in [5, 5.41) is 0. The van der Waals surface area contributed by atoms with Gasteiger partial charge in [-0.25, -0.2) is 9.97 Å². The first-order chi connectivity index (χ1) is 13.5. The molecule has 1 aromatic carbocycles. The Morgan fingerprint density at radius 1 is 1.00 bits per heavy atom. The van der Waals surface area contributed by atoms with Gasteiger partial charge >= 0.3 is 0 Å². The van der Waals surface area contributed by atoms with Crippen molar-refractivity contribution in [2.75, 3.05) is 12.5 Å². The van der Waals surface area contributed by atoms with Gasteiger partial charge in [0.1, 0.15) is 6.61 Å². The lowest BCUT2D eigenvalue weighted by atomic mass is 10.2. The van der Waals surface area contributed by atoms with Crippen molar-refractivity contribution >= 4 is 11.9 Å². The minimum Gasteiger partial charge on any atom is -0.493 e. The molecule has 2 aromatic heterocycles. The third-order valence-electron chi connectivity index (χ3n) is 3.84. The molecular weight excluding hydrogens is 358 g/mol. The van der Waals surface area contributed by atoms with Crippen molar-refractivity contribution in [1.29, 1.82) is 0 Å². The molecule has 8 heteroatoms. The van der Waals surface area contributed by atoms with Gasteiger partial charge in [0.05, 0.1) is 7.11 Å². The number of hydrogen-bond acceptors (Lipinski definition) is 7. The molecule has 0 fully saturated rings. The zero-order valence-electron chi connectivity index (χ0n) is 15.9. The van der Waals surface area contributed by atoms with E-state index >= 15 is 0 Å². The van der Waals surface area contributed by atoms with Crippen LogP contribution >= 0.6 is 0 Å². The third-order valence-corrected chi connectivity index (χ3v) is 3.84. The number of carbonyl (C=O) groups excluding carboxylic acids is 1. The number of carbonyl (C=O) groups is 1. The van der Waals surface area contributed by atoms with Crippen LogP contribution in [0.1, 0.15) is 27.3 Å². The molecule has 1 amide bonds. The van der Waals surface area contributed by atoms with E-state index in [0.717, 1.165) is 17.0 Å². The quantitative estimate of drug-likeness (QED) is 0.609. The lowest BCUT2D eigenvalue weighted by Gasteiger charge is -2.13. The highest BCUT2D eigenvalue weighted by Crippen LogP contribution is 2.28. The van der Waals surface area contributed by atoms with Gasteiger partial charge in [0.2, 0.25) is 5.95 Å². The van der Waals surface area contributed by atoms with Gasteiger partial charge in [-0.2, -0.15) is 0 Å². The number of hydrazine groups is 1. The standard InChI is InChI=1S/C20H21N5O3/c1-13-10-14(2)23-20(22-13)25-24-19(26)16-4-5-17(27-3)18(11-16)28-12-15-6-8-21-9-7-15/h4-11H,12H2,1-3H3,(H,24,26)(H,22,23,25). The van der Waals surface area contributed by atoms with Crippen LogP contribution < -0.4 is 20.3 Å². The minimum atomic E-state index is -0.348. The van der Waals surface area contributed by atoms with Gasteiger partial charge in [-0.05, 0) is 55.8 Å². The van der Waals surface area contributed by atoms with Crippen LogP contribution in [0.3, 0.4) is 0 Å². The Morgan fingerprint density at radius 3 is 2.39 bits per heavy atom. The molecule has 0 saturated carbocycles. The molecule has 0 aliphatic rings. The number of benzene rings is 1. The highest BCUT2D eigenvalue weighted by Gasteiger charge is 2.12. The number of hydrogen-bond donors (Lipinski definition) is 2. The molecule has 3 rings (SSSR count). The van der Waals surface area contributed by atoms with Crippen LogP contribution in [0.25, 0.3) is 0 Å². The minimum absolute atomic E-state index is 0.327. The number of nitrogens with zero attached hydrogens (tertiary/aromatic N) is 3. The number of amides is 1. The number of aryl methyl sites for hydroxylation is 2. The fourth-order valence-corrected chi connectivity index (χ4v) is 2.54. The van der Waals surface area contributed by atoms with Crippen molar-refractivity contribution in [2.45, 2.75) is 20.5 Å². The zero-order valence-corrected chi connectivity index (χ0v) is 15.9. The molecule has 0 atom stereocenters. The number of ether oxygens (including phenoxy) is 2. The van der Waals surface area contributed by atoms with Crippen LogP contribution in [0.4, 0.5) is 5.95 Å². The van der Waals surface area contributed by atoms with Crippen LogP contribution in [0.2, 0.25) is 0 Å². The van der Waals surface area contributed by atoms with Crippen LogP contribution in [0, 0.1) is 13.8 Å². The molecule has 28 heavy (non-hydrogen) atoms. The maximum absolute atomic E-state index is 12.5. The summed E-state index contributed by atoms with van der Waals surface area (Å²) in [6, 6.07) is 10.5. The fourth-order valence-electron chi connectivity index (χ4n) is 2.54. The average Bonchev–Trinajstić information content (AvgIpc) is 2.70. The van der Waals surface area contributed by atoms with Crippen LogP contribution in [0.5, 0.6) is 11.5 Å². The number of anilines is 1. The Bertz CT molecular complexity index is 943. The maximum Gasteiger partial charge on any atom is 0.269 e. The molecule has 2 N–H and O–H groups in total. The number of aromatic nitrogens is 3. The lowest BCUT2D eigenvalue weighted by Crippen LogP contribution is -2.30. The van der Waals surface area contributed by atoms with Crippen molar-refractivity contribution in [1.82, 2.24) is 20.4 Å². The number of methoxy groups -OCH3 is 1. The van der Waals surface area contributed by atoms with Gasteiger partial charge in [-0.3, -0.25) is 20.6 Å². The lowest BCUT2D eigenvalue weighted by molar-refractivity contribution is 0.0961. The van der Waals surface area contributed by atoms with E-state index in [1.807, 2.05) is 32.0 Å². The van der Waals surface area contributed by atoms with Crippen molar-refractivity contribution in [3.8, 4) is 11.5 Å². The normalized spacial score (nSPS) is 10.2. The second kappa shape index (κ2) is 8.81. The van der Waals surface area contributed by atoms with E-state index in [-0.39, 0.29) is 5.91 Å². The second-order valence-electron chi connectivity index (χ2n) is 6.06. The summed E-state index contributed by atoms with van der Waals surface area (Å²) in [5.41, 5.74) is 8.30. The topological polar surface area (TPSA) is 98.3 Å². The van der Waals surface area contributed by atoms with Gasteiger partial charge in [-0.1, -0.05) is 0 Å². The highest BCUT2D eigenvalue weighted by molar-refractivity contribution is 5.95. The molecule has 0 saturated heterocycles. The summed E-state index contributed by atoms with van der Waals surface area (Å²) in [6.45, 7) is 4.05. The molecule has 0 unspecified atom stereocenters. The van der Waals surface area contributed by atoms with Crippen LogP contribution in [-0.2, 0) is 6.61 Å². The van der Waals surface area contributed by atoms with E-state index in [0.29, 0.717) is 29.6 Å².